The Kier molecular flexibility index (Phi) is 6.57. The third kappa shape index (κ3) is 4.81. The van der Waals surface area contributed by atoms with Crippen LogP contribution in [0.1, 0.15) is 16.7 Å². The lowest BCUT2D eigenvalue weighted by atomic mass is 10.0. The van der Waals surface area contributed by atoms with Crippen LogP contribution in [0.3, 0.4) is 0 Å². The summed E-state index contributed by atoms with van der Waals surface area (Å²) in [7, 11) is 0. The van der Waals surface area contributed by atoms with Crippen molar-refractivity contribution in [2.45, 2.75) is 13.2 Å². The summed E-state index contributed by atoms with van der Waals surface area (Å²) in [5.41, 5.74) is 1.82. The Hall–Kier alpha value is -3.61. The minimum Gasteiger partial charge on any atom is -0.488 e. The normalized spacial score (nSPS) is 14.8. The first kappa shape index (κ1) is 23.1. The van der Waals surface area contributed by atoms with Crippen LogP contribution in [0.15, 0.2) is 89.8 Å². The molecular weight excluding hydrogens is 485 g/mol. The van der Waals surface area contributed by atoms with Crippen molar-refractivity contribution in [3.63, 3.8) is 0 Å². The summed E-state index contributed by atoms with van der Waals surface area (Å²) >= 11 is 6.93. The maximum absolute atomic E-state index is 14.3. The molecule has 7 heteroatoms. The van der Waals surface area contributed by atoms with Crippen LogP contribution in [0.5, 0.6) is 5.75 Å². The quantitative estimate of drug-likeness (QED) is 0.256. The van der Waals surface area contributed by atoms with E-state index in [-0.39, 0.29) is 22.0 Å². The zero-order valence-electron chi connectivity index (χ0n) is 18.4. The molecule has 0 N–H and O–H groups in total. The van der Waals surface area contributed by atoms with Crippen LogP contribution in [0.2, 0.25) is 5.02 Å². The molecule has 0 radical (unpaired) electrons. The molecule has 4 aromatic carbocycles. The van der Waals surface area contributed by atoms with Gasteiger partial charge in [-0.3, -0.25) is 14.5 Å². The summed E-state index contributed by atoms with van der Waals surface area (Å²) < 4.78 is 20.4. The summed E-state index contributed by atoms with van der Waals surface area (Å²) in [5, 5.41) is 1.55. The van der Waals surface area contributed by atoms with E-state index in [4.69, 9.17) is 16.3 Å². The lowest BCUT2D eigenvalue weighted by Gasteiger charge is -2.14. The molecule has 0 aliphatic carbocycles. The van der Waals surface area contributed by atoms with Crippen molar-refractivity contribution in [2.75, 3.05) is 0 Å². The maximum Gasteiger partial charge on any atom is 0.293 e. The lowest BCUT2D eigenvalue weighted by Crippen LogP contribution is -2.28. The average Bonchev–Trinajstić information content (AvgIpc) is 3.13. The first-order chi connectivity index (χ1) is 17.0. The molecule has 0 bridgehead atoms. The van der Waals surface area contributed by atoms with Gasteiger partial charge in [0, 0.05) is 16.1 Å². The largest absolute Gasteiger partial charge is 0.488 e. The third-order valence-electron chi connectivity index (χ3n) is 5.69. The predicted octanol–water partition coefficient (Wildman–Crippen LogP) is 7.45. The number of hydrogen-bond donors (Lipinski definition) is 0. The molecular formula is C28H19ClFNO3S. The molecule has 4 nitrogen and oxygen atoms in total. The second-order valence-corrected chi connectivity index (χ2v) is 9.34. The molecule has 0 unspecified atom stereocenters. The highest BCUT2D eigenvalue weighted by Gasteiger charge is 2.36. The van der Waals surface area contributed by atoms with Crippen molar-refractivity contribution in [1.29, 1.82) is 0 Å². The van der Waals surface area contributed by atoms with Crippen LogP contribution in [-0.2, 0) is 17.9 Å². The highest BCUT2D eigenvalue weighted by Crippen LogP contribution is 2.38. The predicted molar refractivity (Wildman–Crippen MR) is 138 cm³/mol. The Morgan fingerprint density at radius 2 is 1.69 bits per heavy atom. The number of hydrogen-bond acceptors (Lipinski definition) is 4. The van der Waals surface area contributed by atoms with E-state index in [0.717, 1.165) is 33.0 Å². The molecule has 4 aromatic rings. The van der Waals surface area contributed by atoms with Gasteiger partial charge in [-0.25, -0.2) is 4.39 Å². The molecule has 1 fully saturated rings. The van der Waals surface area contributed by atoms with Gasteiger partial charge in [0.05, 0.1) is 11.4 Å². The topological polar surface area (TPSA) is 46.6 Å². The third-order valence-corrected chi connectivity index (χ3v) is 6.96. The standard InChI is InChI=1S/C28H19ClFNO3S/c29-23-11-6-12-24(30)22(23)16-31-27(32)26(35-28(31)33)15-21-20-10-5-4-9-19(20)13-14-25(21)34-17-18-7-2-1-3-8-18/h1-15H,16-17H2/b26-15-. The Morgan fingerprint density at radius 1 is 0.914 bits per heavy atom. The Balaban J connectivity index is 1.50. The highest BCUT2D eigenvalue weighted by molar-refractivity contribution is 8.18. The molecule has 35 heavy (non-hydrogen) atoms. The minimum atomic E-state index is -0.564. The number of thioether (sulfide) groups is 1. The molecule has 1 aliphatic heterocycles. The highest BCUT2D eigenvalue weighted by atomic mass is 35.5. The smallest absolute Gasteiger partial charge is 0.293 e. The molecule has 174 valence electrons. The molecule has 0 aromatic heterocycles. The Bertz CT molecular complexity index is 1450. The number of rotatable bonds is 6. The first-order valence-corrected chi connectivity index (χ1v) is 12.1. The van der Waals surface area contributed by atoms with Gasteiger partial charge in [-0.15, -0.1) is 0 Å². The molecule has 1 saturated heterocycles. The fourth-order valence-corrected chi connectivity index (χ4v) is 4.94. The van der Waals surface area contributed by atoms with Gasteiger partial charge in [0.15, 0.2) is 0 Å². The van der Waals surface area contributed by atoms with E-state index in [1.54, 1.807) is 6.08 Å². The summed E-state index contributed by atoms with van der Waals surface area (Å²) in [5.74, 6) is -0.469. The van der Waals surface area contributed by atoms with Gasteiger partial charge in [-0.1, -0.05) is 78.3 Å². The van der Waals surface area contributed by atoms with Gasteiger partial charge in [0.25, 0.3) is 11.1 Å². The van der Waals surface area contributed by atoms with Gasteiger partial charge in [-0.2, -0.15) is 0 Å². The van der Waals surface area contributed by atoms with Crippen molar-refractivity contribution < 1.29 is 18.7 Å². The van der Waals surface area contributed by atoms with E-state index >= 15 is 0 Å². The molecule has 0 atom stereocenters. The van der Waals surface area contributed by atoms with E-state index in [1.165, 1.54) is 18.2 Å². The molecule has 0 spiro atoms. The van der Waals surface area contributed by atoms with Crippen molar-refractivity contribution in [3.8, 4) is 5.75 Å². The number of imide groups is 1. The monoisotopic (exact) mass is 503 g/mol. The van der Waals surface area contributed by atoms with Gasteiger partial charge < -0.3 is 4.74 Å². The van der Waals surface area contributed by atoms with Crippen molar-refractivity contribution in [3.05, 3.63) is 117 Å². The van der Waals surface area contributed by atoms with Crippen molar-refractivity contribution in [2.24, 2.45) is 0 Å². The summed E-state index contributed by atoms with van der Waals surface area (Å²) in [6.45, 7) is 0.119. The van der Waals surface area contributed by atoms with Crippen LogP contribution in [-0.4, -0.2) is 16.0 Å². The molecule has 1 aliphatic rings. The average molecular weight is 504 g/mol. The van der Waals surface area contributed by atoms with E-state index in [1.807, 2.05) is 66.7 Å². The number of carbonyl (C=O) groups is 2. The second kappa shape index (κ2) is 9.94. The van der Waals surface area contributed by atoms with Crippen molar-refractivity contribution in [1.82, 2.24) is 4.90 Å². The fraction of sp³-hybridized carbons (Fsp3) is 0.0714. The van der Waals surface area contributed by atoms with Crippen molar-refractivity contribution >= 4 is 51.4 Å². The van der Waals surface area contributed by atoms with Gasteiger partial charge in [0.2, 0.25) is 0 Å². The number of carbonyl (C=O) groups excluding carboxylic acids is 2. The molecule has 5 rings (SSSR count). The van der Waals surface area contributed by atoms with E-state index in [0.29, 0.717) is 17.9 Å². The van der Waals surface area contributed by atoms with Gasteiger partial charge in [0.1, 0.15) is 18.2 Å². The number of benzene rings is 4. The number of halogens is 2. The fourth-order valence-electron chi connectivity index (χ4n) is 3.89. The second-order valence-electron chi connectivity index (χ2n) is 7.94. The van der Waals surface area contributed by atoms with Gasteiger partial charge in [-0.05, 0) is 52.4 Å². The van der Waals surface area contributed by atoms with Crippen LogP contribution in [0.25, 0.3) is 16.8 Å². The van der Waals surface area contributed by atoms with Crippen LogP contribution < -0.4 is 4.74 Å². The Morgan fingerprint density at radius 3 is 2.49 bits per heavy atom. The van der Waals surface area contributed by atoms with E-state index in [2.05, 4.69) is 0 Å². The maximum atomic E-state index is 14.3. The minimum absolute atomic E-state index is 0.106. The number of amides is 2. The number of ether oxygens (including phenoxy) is 1. The zero-order chi connectivity index (χ0) is 24.4. The summed E-state index contributed by atoms with van der Waals surface area (Å²) in [4.78, 5) is 27.1. The lowest BCUT2D eigenvalue weighted by molar-refractivity contribution is -0.123. The molecule has 0 saturated carbocycles. The summed E-state index contributed by atoms with van der Waals surface area (Å²) in [6.07, 6.45) is 1.68. The van der Waals surface area contributed by atoms with E-state index < -0.39 is 17.0 Å². The Labute approximate surface area is 211 Å². The van der Waals surface area contributed by atoms with Gasteiger partial charge >= 0.3 is 0 Å². The molecule has 1 heterocycles. The van der Waals surface area contributed by atoms with Crippen LogP contribution in [0.4, 0.5) is 9.18 Å². The molecule has 2 amide bonds. The van der Waals surface area contributed by atoms with Crippen LogP contribution in [0, 0.1) is 5.82 Å². The number of nitrogens with zero attached hydrogens (tertiary/aromatic N) is 1. The van der Waals surface area contributed by atoms with E-state index in [9.17, 15) is 14.0 Å². The van der Waals surface area contributed by atoms with Crippen LogP contribution >= 0.6 is 23.4 Å². The first-order valence-electron chi connectivity index (χ1n) is 10.9. The zero-order valence-corrected chi connectivity index (χ0v) is 20.0. The number of fused-ring (bicyclic) bond motifs is 1. The summed E-state index contributed by atoms with van der Waals surface area (Å²) in [6, 6.07) is 25.6. The SMILES string of the molecule is O=C1S/C(=C\c2c(OCc3ccccc3)ccc3ccccc23)C(=O)N1Cc1c(F)cccc1Cl.